The SMILES string of the molecule is CC(C)(C)c1ccc2c(c1)c1cc(C(C)(C)C)cc(-c3cc(C(C)(C)C)cc4c5cc(C(C)(C)C)ccc5n(-c5ccc(N(c6ccccc6)c6ccccc6)cc5)c34)c1n2-c1ccc(-c2nc(-c3ccccc3)nc(-c3ccccc3)n2)cc1. The van der Waals surface area contributed by atoms with Gasteiger partial charge >= 0.3 is 0 Å². The summed E-state index contributed by atoms with van der Waals surface area (Å²) < 4.78 is 5.08. The first kappa shape index (κ1) is 54.8. The van der Waals surface area contributed by atoms with Gasteiger partial charge in [0.05, 0.1) is 22.1 Å². The van der Waals surface area contributed by atoms with Crippen molar-refractivity contribution >= 4 is 60.7 Å². The molecule has 0 aliphatic carbocycles. The monoisotopic (exact) mass is 1110 g/mol. The van der Waals surface area contributed by atoms with Gasteiger partial charge in [0.1, 0.15) is 0 Å². The number of para-hydroxylation sites is 2. The summed E-state index contributed by atoms with van der Waals surface area (Å²) in [5, 5.41) is 4.93. The normalized spacial score (nSPS) is 12.5. The van der Waals surface area contributed by atoms with Crippen LogP contribution in [0.4, 0.5) is 17.1 Å². The van der Waals surface area contributed by atoms with Crippen molar-refractivity contribution in [1.82, 2.24) is 24.1 Å². The van der Waals surface area contributed by atoms with Crippen molar-refractivity contribution in [3.05, 3.63) is 253 Å². The van der Waals surface area contributed by atoms with E-state index in [1.165, 1.54) is 66.0 Å². The van der Waals surface area contributed by atoms with Crippen LogP contribution in [-0.2, 0) is 21.7 Å². The smallest absolute Gasteiger partial charge is 0.164 e. The summed E-state index contributed by atoms with van der Waals surface area (Å²) in [6.07, 6.45) is 0. The lowest BCUT2D eigenvalue weighted by Crippen LogP contribution is -2.13. The molecule has 10 aromatic carbocycles. The van der Waals surface area contributed by atoms with Gasteiger partial charge in [-0.1, -0.05) is 192 Å². The van der Waals surface area contributed by atoms with Gasteiger partial charge in [-0.25, -0.2) is 15.0 Å². The maximum atomic E-state index is 5.14. The van der Waals surface area contributed by atoms with Gasteiger partial charge in [-0.05, 0) is 165 Å². The predicted molar refractivity (Wildman–Crippen MR) is 360 cm³/mol. The lowest BCUT2D eigenvalue weighted by molar-refractivity contribution is 0.590. The first-order valence-corrected chi connectivity index (χ1v) is 29.9. The molecular weight excluding hydrogens is 1030 g/mol. The van der Waals surface area contributed by atoms with E-state index < -0.39 is 0 Å². The zero-order chi connectivity index (χ0) is 59.2. The third kappa shape index (κ3) is 10.2. The van der Waals surface area contributed by atoms with Gasteiger partial charge < -0.3 is 14.0 Å². The molecule has 0 spiro atoms. The first-order valence-electron chi connectivity index (χ1n) is 29.9. The fourth-order valence-electron chi connectivity index (χ4n) is 12.1. The largest absolute Gasteiger partial charge is 0.311 e. The molecule has 6 heteroatoms. The third-order valence-corrected chi connectivity index (χ3v) is 17.0. The zero-order valence-corrected chi connectivity index (χ0v) is 51.1. The van der Waals surface area contributed by atoms with E-state index in [4.69, 9.17) is 15.0 Å². The third-order valence-electron chi connectivity index (χ3n) is 17.0. The second kappa shape index (κ2) is 20.7. The summed E-state index contributed by atoms with van der Waals surface area (Å²) in [4.78, 5) is 17.6. The van der Waals surface area contributed by atoms with Crippen molar-refractivity contribution < 1.29 is 0 Å². The number of nitrogens with zero attached hydrogens (tertiary/aromatic N) is 6. The Balaban J connectivity index is 1.11. The van der Waals surface area contributed by atoms with E-state index >= 15 is 0 Å². The van der Waals surface area contributed by atoms with Crippen LogP contribution in [0.5, 0.6) is 0 Å². The number of anilines is 3. The molecule has 0 saturated heterocycles. The van der Waals surface area contributed by atoms with E-state index in [0.29, 0.717) is 17.5 Å². The van der Waals surface area contributed by atoms with Gasteiger partial charge in [0.15, 0.2) is 17.5 Å². The fourth-order valence-corrected chi connectivity index (χ4v) is 12.1. The van der Waals surface area contributed by atoms with E-state index in [9.17, 15) is 0 Å². The van der Waals surface area contributed by atoms with Gasteiger partial charge in [0, 0.05) is 77.8 Å². The summed E-state index contributed by atoms with van der Waals surface area (Å²) in [6.45, 7) is 28.0. The molecule has 6 nitrogen and oxygen atoms in total. The summed E-state index contributed by atoms with van der Waals surface area (Å²) in [5.41, 5.74) is 19.9. The van der Waals surface area contributed by atoms with Crippen LogP contribution in [0.3, 0.4) is 0 Å². The van der Waals surface area contributed by atoms with Crippen LogP contribution >= 0.6 is 0 Å². The van der Waals surface area contributed by atoms with E-state index in [0.717, 1.165) is 56.2 Å². The maximum absolute atomic E-state index is 5.14. The molecule has 3 aromatic heterocycles. The summed E-state index contributed by atoms with van der Waals surface area (Å²) in [6, 6.07) is 84.2. The number of rotatable bonds is 9. The van der Waals surface area contributed by atoms with E-state index in [1.54, 1.807) is 0 Å². The molecule has 420 valence electrons. The minimum absolute atomic E-state index is 0.0689. The van der Waals surface area contributed by atoms with Gasteiger partial charge in [-0.3, -0.25) is 0 Å². The van der Waals surface area contributed by atoms with Crippen molar-refractivity contribution in [2.75, 3.05) is 4.90 Å². The highest BCUT2D eigenvalue weighted by Gasteiger charge is 2.29. The second-order valence-electron chi connectivity index (χ2n) is 27.1. The number of hydrogen-bond donors (Lipinski definition) is 0. The Morgan fingerprint density at radius 1 is 0.282 bits per heavy atom. The minimum Gasteiger partial charge on any atom is -0.311 e. The zero-order valence-electron chi connectivity index (χ0n) is 51.1. The van der Waals surface area contributed by atoms with Gasteiger partial charge in [-0.15, -0.1) is 0 Å². The molecule has 85 heavy (non-hydrogen) atoms. The van der Waals surface area contributed by atoms with Crippen LogP contribution in [0.1, 0.15) is 105 Å². The first-order chi connectivity index (χ1) is 40.7. The molecule has 0 saturated carbocycles. The molecule has 0 atom stereocenters. The highest BCUT2D eigenvalue weighted by Crippen LogP contribution is 2.49. The van der Waals surface area contributed by atoms with Crippen molar-refractivity contribution in [2.24, 2.45) is 0 Å². The Bertz CT molecular complexity index is 4530. The molecule has 0 unspecified atom stereocenters. The average Bonchev–Trinajstić information content (AvgIpc) is 1.62. The number of fused-ring (bicyclic) bond motifs is 6. The molecule has 0 amide bonds. The predicted octanol–water partition coefficient (Wildman–Crippen LogP) is 21.4. The lowest BCUT2D eigenvalue weighted by Gasteiger charge is -2.26. The highest BCUT2D eigenvalue weighted by molar-refractivity contribution is 6.20. The maximum Gasteiger partial charge on any atom is 0.164 e. The fraction of sp³-hybridized carbons (Fsp3) is 0.203. The van der Waals surface area contributed by atoms with Crippen LogP contribution in [0.25, 0.3) is 100 Å². The Hall–Kier alpha value is -9.39. The average molecular weight is 1110 g/mol. The molecule has 0 radical (unpaired) electrons. The Morgan fingerprint density at radius 2 is 0.588 bits per heavy atom. The molecule has 0 fully saturated rings. The molecule has 0 aliphatic heterocycles. The second-order valence-corrected chi connectivity index (χ2v) is 27.1. The van der Waals surface area contributed by atoms with Crippen molar-refractivity contribution in [2.45, 2.75) is 105 Å². The van der Waals surface area contributed by atoms with Gasteiger partial charge in [0.2, 0.25) is 0 Å². The van der Waals surface area contributed by atoms with Crippen molar-refractivity contribution in [3.63, 3.8) is 0 Å². The Morgan fingerprint density at radius 3 is 0.941 bits per heavy atom. The molecule has 13 aromatic rings. The Labute approximate surface area is 501 Å². The van der Waals surface area contributed by atoms with Crippen molar-refractivity contribution in [1.29, 1.82) is 0 Å². The van der Waals surface area contributed by atoms with Crippen LogP contribution in [0, 0.1) is 0 Å². The molecule has 0 bridgehead atoms. The van der Waals surface area contributed by atoms with Crippen molar-refractivity contribution in [3.8, 4) is 56.7 Å². The van der Waals surface area contributed by atoms with E-state index in [2.05, 4.69) is 291 Å². The molecule has 0 aliphatic rings. The summed E-state index contributed by atoms with van der Waals surface area (Å²) in [7, 11) is 0. The minimum atomic E-state index is -0.184. The van der Waals surface area contributed by atoms with Gasteiger partial charge in [-0.2, -0.15) is 0 Å². The van der Waals surface area contributed by atoms with E-state index in [-0.39, 0.29) is 21.7 Å². The van der Waals surface area contributed by atoms with Crippen LogP contribution in [-0.4, -0.2) is 24.1 Å². The van der Waals surface area contributed by atoms with Crippen LogP contribution in [0.15, 0.2) is 231 Å². The molecule has 3 heterocycles. The molecular formula is C79H74N6. The number of hydrogen-bond acceptors (Lipinski definition) is 4. The lowest BCUT2D eigenvalue weighted by atomic mass is 9.81. The highest BCUT2D eigenvalue weighted by atomic mass is 15.1. The molecule has 0 N–H and O–H groups in total. The molecule has 13 rings (SSSR count). The number of benzene rings is 10. The topological polar surface area (TPSA) is 51.8 Å². The summed E-state index contributed by atoms with van der Waals surface area (Å²) in [5.74, 6) is 1.90. The van der Waals surface area contributed by atoms with Gasteiger partial charge in [0.25, 0.3) is 0 Å². The quantitative estimate of drug-likeness (QED) is 0.145. The number of aromatic nitrogens is 5. The van der Waals surface area contributed by atoms with Crippen LogP contribution < -0.4 is 4.90 Å². The van der Waals surface area contributed by atoms with E-state index in [1.807, 2.05) is 36.4 Å². The van der Waals surface area contributed by atoms with Crippen LogP contribution in [0.2, 0.25) is 0 Å². The Kier molecular flexibility index (Phi) is 13.4. The summed E-state index contributed by atoms with van der Waals surface area (Å²) >= 11 is 0. The standard InChI is InChI=1S/C79H74N6/c1-76(2,3)54-35-43-69-63(45-54)65-47-56(78(7,8)9)49-67(71(65)84(69)61-37-33-53(34-38-61)75-81-73(51-25-17-13-18-26-51)80-74(82-75)52-27-19-14-20-28-52)68-50-57(79(10,11)12)48-66-64-46-55(77(4,5)6)36-44-70(64)85(72(66)68)62-41-39-60(40-42-62)83(58-29-21-15-22-30-58)59-31-23-16-24-32-59/h13-50H,1-12H3.